The van der Waals surface area contributed by atoms with Gasteiger partial charge in [-0.2, -0.15) is 0 Å². The monoisotopic (exact) mass is 840 g/mol. The van der Waals surface area contributed by atoms with Crippen LogP contribution in [-0.2, 0) is 37.2 Å². The van der Waals surface area contributed by atoms with Crippen molar-refractivity contribution >= 4 is 70.7 Å². The fraction of sp³-hybridized carbons (Fsp3) is 0.308. The van der Waals surface area contributed by atoms with Crippen LogP contribution >= 0.6 is 47.5 Å². The molecule has 1 fully saturated rings. The maximum Gasteiger partial charge on any atom is 0.527 e. The Hall–Kier alpha value is -3.16. The fourth-order valence-corrected chi connectivity index (χ4v) is 6.39. The zero-order valence-electron chi connectivity index (χ0n) is 24.6. The van der Waals surface area contributed by atoms with E-state index in [0.717, 1.165) is 16.8 Å². The molecule has 0 aliphatic carbocycles. The number of phosphoric ester groups is 2. The largest absolute Gasteiger partial charge is 0.527 e. The molecule has 0 radical (unpaired) electrons. The van der Waals surface area contributed by atoms with E-state index in [1.54, 1.807) is 0 Å². The highest BCUT2D eigenvalue weighted by Crippen LogP contribution is 2.50. The number of carbonyl (C=O) groups excluding carboxylic acids is 2. The standard InChI is InChI=1S/C26H28Br2N4O14P2/c1-41-24-23(46-48(39,40)45-18-7-3-5-16(11-18)30-22(35)13-28)19(43-25(24)32-9-8-20(33)31-26(32)36)14-42-47(37,38)44-17-6-2-4-15(10-17)29-21(34)12-27/h2-11,19,23-25H,12-14H2,1H3,(H,29,34)(H,30,35)(H,37,38)(H,39,40)(H,31,33,36). The van der Waals surface area contributed by atoms with E-state index < -0.39 is 63.9 Å². The molecule has 260 valence electrons. The molecule has 2 heterocycles. The molecule has 5 N–H and O–H groups in total. The number of carbonyl (C=O) groups is 2. The van der Waals surface area contributed by atoms with Crippen LogP contribution in [0, 0.1) is 0 Å². The highest BCUT2D eigenvalue weighted by atomic mass is 79.9. The number of hydrogen-bond acceptors (Lipinski definition) is 12. The number of aromatic amines is 1. The van der Waals surface area contributed by atoms with Crippen LogP contribution in [0.1, 0.15) is 6.23 Å². The number of benzene rings is 2. The number of anilines is 2. The van der Waals surface area contributed by atoms with Gasteiger partial charge in [-0.3, -0.25) is 42.8 Å². The van der Waals surface area contributed by atoms with Gasteiger partial charge in [-0.1, -0.05) is 44.0 Å². The summed E-state index contributed by atoms with van der Waals surface area (Å²) in [6.07, 6.45) is -4.77. The van der Waals surface area contributed by atoms with E-state index >= 15 is 0 Å². The van der Waals surface area contributed by atoms with E-state index in [9.17, 15) is 38.1 Å². The van der Waals surface area contributed by atoms with Crippen molar-refractivity contribution in [2.24, 2.45) is 0 Å². The fourth-order valence-electron chi connectivity index (χ4n) is 4.36. The smallest absolute Gasteiger partial charge is 0.404 e. The first-order valence-corrected chi connectivity index (χ1v) is 18.7. The van der Waals surface area contributed by atoms with Crippen molar-refractivity contribution in [2.75, 3.05) is 35.0 Å². The van der Waals surface area contributed by atoms with E-state index in [2.05, 4.69) is 42.5 Å². The summed E-state index contributed by atoms with van der Waals surface area (Å²) < 4.78 is 59.3. The predicted octanol–water partition coefficient (Wildman–Crippen LogP) is 2.88. The molecule has 2 aromatic carbocycles. The first-order valence-electron chi connectivity index (χ1n) is 13.5. The van der Waals surface area contributed by atoms with E-state index in [4.69, 9.17) is 27.6 Å². The number of rotatable bonds is 15. The van der Waals surface area contributed by atoms with E-state index in [0.29, 0.717) is 0 Å². The topological polar surface area (TPSA) is 243 Å². The third-order valence-corrected chi connectivity index (χ3v) is 9.15. The lowest BCUT2D eigenvalue weighted by Gasteiger charge is -2.25. The Balaban J connectivity index is 1.56. The Bertz CT molecular complexity index is 1840. The van der Waals surface area contributed by atoms with Crippen LogP contribution in [0.2, 0.25) is 0 Å². The van der Waals surface area contributed by atoms with Gasteiger partial charge in [-0.15, -0.1) is 0 Å². The summed E-state index contributed by atoms with van der Waals surface area (Å²) >= 11 is 6.02. The number of halogens is 2. The van der Waals surface area contributed by atoms with Gasteiger partial charge >= 0.3 is 21.3 Å². The zero-order valence-corrected chi connectivity index (χ0v) is 29.6. The second-order valence-corrected chi connectivity index (χ2v) is 13.5. The van der Waals surface area contributed by atoms with Gasteiger partial charge in [-0.05, 0) is 24.3 Å². The van der Waals surface area contributed by atoms with Crippen molar-refractivity contribution in [2.45, 2.75) is 24.5 Å². The van der Waals surface area contributed by atoms with Gasteiger partial charge in [-0.25, -0.2) is 13.9 Å². The van der Waals surface area contributed by atoms with Gasteiger partial charge in [0.2, 0.25) is 11.8 Å². The second-order valence-electron chi connectivity index (χ2n) is 9.69. The molecule has 1 aliphatic rings. The third kappa shape index (κ3) is 10.4. The molecule has 1 saturated heterocycles. The average Bonchev–Trinajstić information content (AvgIpc) is 3.35. The summed E-state index contributed by atoms with van der Waals surface area (Å²) in [6.45, 7) is -0.818. The first kappa shape index (κ1) is 37.7. The minimum absolute atomic E-state index is 0.00337. The maximum atomic E-state index is 13.2. The van der Waals surface area contributed by atoms with Crippen molar-refractivity contribution in [3.63, 3.8) is 0 Å². The summed E-state index contributed by atoms with van der Waals surface area (Å²) in [5, 5.41) is 5.07. The molecule has 1 aliphatic heterocycles. The van der Waals surface area contributed by atoms with Crippen LogP contribution in [-0.4, -0.2) is 73.8 Å². The van der Waals surface area contributed by atoms with Gasteiger partial charge < -0.3 is 29.2 Å². The lowest BCUT2D eigenvalue weighted by Crippen LogP contribution is -2.40. The molecule has 22 heteroatoms. The number of alkyl halides is 2. The number of ether oxygens (including phenoxy) is 2. The van der Waals surface area contributed by atoms with Gasteiger partial charge in [0.05, 0.1) is 17.3 Å². The molecule has 18 nitrogen and oxygen atoms in total. The molecular formula is C26H28Br2N4O14P2. The Morgan fingerprint density at radius 3 is 2.00 bits per heavy atom. The summed E-state index contributed by atoms with van der Waals surface area (Å²) in [5.41, 5.74) is -1.14. The van der Waals surface area contributed by atoms with Gasteiger partial charge in [0.25, 0.3) is 5.56 Å². The number of phosphoric acid groups is 2. The second kappa shape index (κ2) is 16.5. The summed E-state index contributed by atoms with van der Waals surface area (Å²) in [7, 11) is -8.83. The van der Waals surface area contributed by atoms with E-state index in [-0.39, 0.29) is 39.4 Å². The molecule has 1 aromatic heterocycles. The number of aromatic nitrogens is 2. The number of nitrogens with zero attached hydrogens (tertiary/aromatic N) is 1. The SMILES string of the molecule is COC1C(OP(=O)(O)Oc2cccc(NC(=O)CBr)c2)C(COP(=O)(O)Oc2cccc(NC(=O)CBr)c2)OC1n1ccc(=O)[nH]c1=O. The highest BCUT2D eigenvalue weighted by Gasteiger charge is 2.51. The third-order valence-electron chi connectivity index (χ3n) is 6.26. The number of methoxy groups -OCH3 is 1. The van der Waals surface area contributed by atoms with Crippen molar-refractivity contribution < 1.29 is 56.1 Å². The van der Waals surface area contributed by atoms with E-state index in [1.165, 1.54) is 55.6 Å². The minimum atomic E-state index is -5.07. The van der Waals surface area contributed by atoms with Crippen molar-refractivity contribution in [3.05, 3.63) is 81.6 Å². The van der Waals surface area contributed by atoms with Gasteiger partial charge in [0, 0.05) is 42.9 Å². The minimum Gasteiger partial charge on any atom is -0.404 e. The van der Waals surface area contributed by atoms with Crippen LogP contribution < -0.4 is 30.9 Å². The van der Waals surface area contributed by atoms with Gasteiger partial charge in [0.15, 0.2) is 6.23 Å². The van der Waals surface area contributed by atoms with Gasteiger partial charge in [0.1, 0.15) is 29.8 Å². The molecule has 2 amide bonds. The van der Waals surface area contributed by atoms with Crippen LogP contribution in [0.4, 0.5) is 11.4 Å². The lowest BCUT2D eigenvalue weighted by atomic mass is 10.1. The van der Waals surface area contributed by atoms with Crippen LogP contribution in [0.3, 0.4) is 0 Å². The quantitative estimate of drug-likeness (QED) is 0.109. The van der Waals surface area contributed by atoms with Crippen molar-refractivity contribution in [3.8, 4) is 11.5 Å². The average molecular weight is 842 g/mol. The number of H-pyrrole nitrogens is 1. The highest BCUT2D eigenvalue weighted by molar-refractivity contribution is 9.09. The molecule has 0 bridgehead atoms. The van der Waals surface area contributed by atoms with Crippen molar-refractivity contribution in [1.82, 2.24) is 9.55 Å². The summed E-state index contributed by atoms with van der Waals surface area (Å²) in [4.78, 5) is 70.9. The molecular weight excluding hydrogens is 814 g/mol. The molecule has 6 atom stereocenters. The van der Waals surface area contributed by atoms with Crippen LogP contribution in [0.15, 0.2) is 70.4 Å². The van der Waals surface area contributed by atoms with Crippen LogP contribution in [0.5, 0.6) is 11.5 Å². The predicted molar refractivity (Wildman–Crippen MR) is 175 cm³/mol. The maximum absolute atomic E-state index is 13.2. The Labute approximate surface area is 288 Å². The zero-order chi connectivity index (χ0) is 35.1. The molecule has 0 spiro atoms. The van der Waals surface area contributed by atoms with Crippen molar-refractivity contribution in [1.29, 1.82) is 0 Å². The number of amides is 2. The van der Waals surface area contributed by atoms with Crippen LogP contribution in [0.25, 0.3) is 0 Å². The Morgan fingerprint density at radius 2 is 1.48 bits per heavy atom. The number of nitrogens with one attached hydrogen (secondary N) is 3. The first-order chi connectivity index (χ1) is 22.7. The van der Waals surface area contributed by atoms with E-state index in [1.807, 2.05) is 4.98 Å². The lowest BCUT2D eigenvalue weighted by molar-refractivity contribution is -0.114. The summed E-state index contributed by atoms with van der Waals surface area (Å²) in [6, 6.07) is 12.1. The Morgan fingerprint density at radius 1 is 0.917 bits per heavy atom. The molecule has 3 aromatic rings. The summed E-state index contributed by atoms with van der Waals surface area (Å²) in [5.74, 6) is -1.11. The molecule has 6 unspecified atom stereocenters. The normalized spacial score (nSPS) is 21.4. The Kier molecular flexibility index (Phi) is 12.9. The number of hydrogen-bond donors (Lipinski definition) is 5. The molecule has 0 saturated carbocycles. The molecule has 4 rings (SSSR count). The molecule has 48 heavy (non-hydrogen) atoms.